The monoisotopic (exact) mass is 186 g/mol. The minimum atomic E-state index is -1.18. The number of rotatable bonds is 1. The minimum absolute atomic E-state index is 0.635. The van der Waals surface area contributed by atoms with Gasteiger partial charge in [0.05, 0.1) is 4.34 Å². The summed E-state index contributed by atoms with van der Waals surface area (Å²) in [6.07, 6.45) is 5.11. The van der Waals surface area contributed by atoms with Crippen molar-refractivity contribution >= 4 is 22.9 Å². The fourth-order valence-corrected chi connectivity index (χ4v) is 1.70. The summed E-state index contributed by atoms with van der Waals surface area (Å²) >= 11 is 6.95. The standard InChI is InChI=1S/C8H7ClOS/c1-3-8(2,10)6-4-5-7(9)11-6/h1,4-5,10H,2H3. The number of hydrogen-bond acceptors (Lipinski definition) is 2. The smallest absolute Gasteiger partial charge is 0.156 e. The van der Waals surface area contributed by atoms with Crippen LogP contribution < -0.4 is 0 Å². The molecule has 0 spiro atoms. The lowest BCUT2D eigenvalue weighted by Crippen LogP contribution is -2.15. The summed E-state index contributed by atoms with van der Waals surface area (Å²) in [4.78, 5) is 0.699. The van der Waals surface area contributed by atoms with Crippen molar-refractivity contribution < 1.29 is 5.11 Å². The Morgan fingerprint density at radius 3 is 2.73 bits per heavy atom. The Labute approximate surface area is 74.6 Å². The predicted octanol–water partition coefficient (Wildman–Crippen LogP) is 2.24. The Morgan fingerprint density at radius 1 is 1.73 bits per heavy atom. The van der Waals surface area contributed by atoms with Gasteiger partial charge < -0.3 is 5.11 Å². The average molecular weight is 187 g/mol. The highest BCUT2D eigenvalue weighted by Gasteiger charge is 2.21. The SMILES string of the molecule is C#CC(C)(O)c1ccc(Cl)s1. The van der Waals surface area contributed by atoms with Gasteiger partial charge in [-0.15, -0.1) is 17.8 Å². The van der Waals surface area contributed by atoms with E-state index in [9.17, 15) is 5.11 Å². The van der Waals surface area contributed by atoms with Gasteiger partial charge in [-0.2, -0.15) is 0 Å². The second-order valence-corrected chi connectivity index (χ2v) is 4.04. The largest absolute Gasteiger partial charge is 0.373 e. The van der Waals surface area contributed by atoms with E-state index in [1.54, 1.807) is 19.1 Å². The van der Waals surface area contributed by atoms with Crippen molar-refractivity contribution in [2.24, 2.45) is 0 Å². The third kappa shape index (κ3) is 1.75. The molecule has 11 heavy (non-hydrogen) atoms. The second-order valence-electron chi connectivity index (χ2n) is 2.32. The van der Waals surface area contributed by atoms with E-state index >= 15 is 0 Å². The van der Waals surface area contributed by atoms with Gasteiger partial charge in [-0.25, -0.2) is 0 Å². The molecule has 0 aliphatic rings. The van der Waals surface area contributed by atoms with Crippen LogP contribution in [0.25, 0.3) is 0 Å². The van der Waals surface area contributed by atoms with E-state index < -0.39 is 5.60 Å². The van der Waals surface area contributed by atoms with E-state index in [0.717, 1.165) is 0 Å². The molecule has 0 bridgehead atoms. The second kappa shape index (κ2) is 2.86. The molecule has 0 saturated heterocycles. The molecule has 1 atom stereocenters. The van der Waals surface area contributed by atoms with E-state index in [-0.39, 0.29) is 0 Å². The zero-order valence-electron chi connectivity index (χ0n) is 5.97. The van der Waals surface area contributed by atoms with Crippen LogP contribution in [0.4, 0.5) is 0 Å². The van der Waals surface area contributed by atoms with Crippen molar-refractivity contribution in [1.29, 1.82) is 0 Å². The first kappa shape index (κ1) is 8.61. The van der Waals surface area contributed by atoms with Gasteiger partial charge in [0.25, 0.3) is 0 Å². The topological polar surface area (TPSA) is 20.2 Å². The maximum absolute atomic E-state index is 9.52. The molecule has 58 valence electrons. The van der Waals surface area contributed by atoms with Crippen LogP contribution >= 0.6 is 22.9 Å². The highest BCUT2D eigenvalue weighted by Crippen LogP contribution is 2.30. The molecule has 1 aromatic rings. The average Bonchev–Trinajstić information content (AvgIpc) is 2.36. The molecule has 0 amide bonds. The lowest BCUT2D eigenvalue weighted by Gasteiger charge is -2.12. The molecular formula is C8H7ClOS. The Bertz CT molecular complexity index is 295. The first-order valence-corrected chi connectivity index (χ1v) is 4.21. The Kier molecular flexibility index (Phi) is 2.24. The van der Waals surface area contributed by atoms with E-state index in [4.69, 9.17) is 18.0 Å². The zero-order valence-corrected chi connectivity index (χ0v) is 7.54. The molecule has 3 heteroatoms. The molecule has 0 saturated carbocycles. The fourth-order valence-electron chi connectivity index (χ4n) is 0.647. The molecule has 0 radical (unpaired) electrons. The summed E-state index contributed by atoms with van der Waals surface area (Å²) < 4.78 is 0.635. The minimum Gasteiger partial charge on any atom is -0.373 e. The first-order chi connectivity index (χ1) is 5.06. The van der Waals surface area contributed by atoms with Gasteiger partial charge in [-0.1, -0.05) is 17.5 Å². The van der Waals surface area contributed by atoms with Gasteiger partial charge >= 0.3 is 0 Å². The number of thiophene rings is 1. The van der Waals surface area contributed by atoms with E-state index in [1.165, 1.54) is 11.3 Å². The molecule has 1 heterocycles. The summed E-state index contributed by atoms with van der Waals surface area (Å²) in [5.41, 5.74) is -1.18. The summed E-state index contributed by atoms with van der Waals surface area (Å²) in [6, 6.07) is 3.44. The molecular weight excluding hydrogens is 180 g/mol. The van der Waals surface area contributed by atoms with Crippen LogP contribution in [0, 0.1) is 12.3 Å². The van der Waals surface area contributed by atoms with Crippen LogP contribution in [0.1, 0.15) is 11.8 Å². The summed E-state index contributed by atoms with van der Waals surface area (Å²) in [5, 5.41) is 9.52. The predicted molar refractivity (Wildman–Crippen MR) is 47.7 cm³/mol. The summed E-state index contributed by atoms with van der Waals surface area (Å²) in [7, 11) is 0. The van der Waals surface area contributed by atoms with Gasteiger partial charge in [0.15, 0.2) is 5.60 Å². The van der Waals surface area contributed by atoms with E-state index in [2.05, 4.69) is 5.92 Å². The van der Waals surface area contributed by atoms with E-state index in [1.807, 2.05) is 0 Å². The van der Waals surface area contributed by atoms with Crippen LogP contribution in [0.15, 0.2) is 12.1 Å². The van der Waals surface area contributed by atoms with Crippen LogP contribution in [-0.2, 0) is 5.60 Å². The van der Waals surface area contributed by atoms with Gasteiger partial charge in [0.1, 0.15) is 0 Å². The number of halogens is 1. The van der Waals surface area contributed by atoms with Gasteiger partial charge in [0.2, 0.25) is 0 Å². The molecule has 0 aromatic carbocycles. The highest BCUT2D eigenvalue weighted by atomic mass is 35.5. The fraction of sp³-hybridized carbons (Fsp3) is 0.250. The molecule has 0 aliphatic heterocycles. The van der Waals surface area contributed by atoms with Gasteiger partial charge in [-0.3, -0.25) is 0 Å². The van der Waals surface area contributed by atoms with Crippen molar-refractivity contribution in [3.63, 3.8) is 0 Å². The zero-order chi connectivity index (χ0) is 8.48. The third-order valence-electron chi connectivity index (χ3n) is 1.33. The number of aliphatic hydroxyl groups is 1. The molecule has 0 fully saturated rings. The van der Waals surface area contributed by atoms with Crippen molar-refractivity contribution in [1.82, 2.24) is 0 Å². The van der Waals surface area contributed by atoms with Gasteiger partial charge in [0, 0.05) is 4.88 Å². The van der Waals surface area contributed by atoms with Crippen molar-refractivity contribution in [3.8, 4) is 12.3 Å². The quantitative estimate of drug-likeness (QED) is 0.667. The number of hydrogen-bond donors (Lipinski definition) is 1. The van der Waals surface area contributed by atoms with E-state index in [0.29, 0.717) is 9.21 Å². The highest BCUT2D eigenvalue weighted by molar-refractivity contribution is 7.16. The summed E-state index contributed by atoms with van der Waals surface area (Å²) in [5.74, 6) is 2.28. The molecule has 0 aliphatic carbocycles. The van der Waals surface area contributed by atoms with Crippen LogP contribution in [0.2, 0.25) is 4.34 Å². The van der Waals surface area contributed by atoms with Crippen molar-refractivity contribution in [2.75, 3.05) is 0 Å². The van der Waals surface area contributed by atoms with Crippen LogP contribution in [0.5, 0.6) is 0 Å². The Balaban J connectivity index is 3.04. The maximum atomic E-state index is 9.52. The number of terminal acetylenes is 1. The molecule has 1 nitrogen and oxygen atoms in total. The molecule has 1 rings (SSSR count). The molecule has 1 unspecified atom stereocenters. The maximum Gasteiger partial charge on any atom is 0.156 e. The normalized spacial score (nSPS) is 15.5. The lowest BCUT2D eigenvalue weighted by molar-refractivity contribution is 0.126. The molecule has 1 aromatic heterocycles. The third-order valence-corrected chi connectivity index (χ3v) is 2.78. The first-order valence-electron chi connectivity index (χ1n) is 3.02. The van der Waals surface area contributed by atoms with Gasteiger partial charge in [-0.05, 0) is 19.1 Å². The summed E-state index contributed by atoms with van der Waals surface area (Å²) in [6.45, 7) is 1.56. The Hall–Kier alpha value is -0.490. The van der Waals surface area contributed by atoms with Crippen LogP contribution in [0.3, 0.4) is 0 Å². The van der Waals surface area contributed by atoms with Crippen LogP contribution in [-0.4, -0.2) is 5.11 Å². The Morgan fingerprint density at radius 2 is 2.36 bits per heavy atom. The molecule has 1 N–H and O–H groups in total. The van der Waals surface area contributed by atoms with Crippen molar-refractivity contribution in [2.45, 2.75) is 12.5 Å². The lowest BCUT2D eigenvalue weighted by atomic mass is 10.1. The van der Waals surface area contributed by atoms with Crippen molar-refractivity contribution in [3.05, 3.63) is 21.3 Å².